The van der Waals surface area contributed by atoms with E-state index in [9.17, 15) is 48.3 Å². The second-order valence-corrected chi connectivity index (χ2v) is 18.4. The number of H-pyrrole nitrogens is 2. The summed E-state index contributed by atoms with van der Waals surface area (Å²) in [6.07, 6.45) is 13.4. The van der Waals surface area contributed by atoms with Gasteiger partial charge in [0.2, 0.25) is 0 Å². The van der Waals surface area contributed by atoms with Crippen molar-refractivity contribution in [1.29, 1.82) is 0 Å². The maximum atomic E-state index is 12.6. The van der Waals surface area contributed by atoms with Crippen LogP contribution in [0, 0.1) is 13.8 Å². The smallest absolute Gasteiger partial charge is 0.394 e. The molecular formula is C38H64N4O16P2. The van der Waals surface area contributed by atoms with E-state index < -0.39 is 88.2 Å². The zero-order valence-corrected chi connectivity index (χ0v) is 36.4. The van der Waals surface area contributed by atoms with E-state index in [0.29, 0.717) is 24.0 Å². The van der Waals surface area contributed by atoms with Crippen molar-refractivity contribution < 1.29 is 56.7 Å². The van der Waals surface area contributed by atoms with Crippen LogP contribution in [0.5, 0.6) is 0 Å². The Hall–Kier alpha value is -2.58. The first-order chi connectivity index (χ1) is 28.6. The standard InChI is InChI=1S/C38H64N4O16P2/c1-27-23-41(37(47)39-35(27)45)33-21-29(31(25-43)55-33)57-59(49,50)53-19-17-15-13-11-9-7-5-3-4-6-8-10-12-14-16-18-20-54-60(51,52)58-30-22-34(56-32(30)26-44)42-24-28(2)36(46)40-38(42)48/h23-24,29-34,43-44H,3-22,25-26H2,1-2H3,(H,49,50)(H,51,52)(H,39,45,47)(H,40,46,48)/t29-,30-,31+,32+,33+,34+/m0/s1. The van der Waals surface area contributed by atoms with Gasteiger partial charge in [0.25, 0.3) is 11.1 Å². The predicted octanol–water partition coefficient (Wildman–Crippen LogP) is 4.51. The normalized spacial score (nSPS) is 23.8. The highest BCUT2D eigenvalue weighted by Gasteiger charge is 2.43. The lowest BCUT2D eigenvalue weighted by Gasteiger charge is -2.19. The number of aliphatic hydroxyl groups is 2. The molecule has 2 saturated heterocycles. The van der Waals surface area contributed by atoms with Crippen LogP contribution in [0.3, 0.4) is 0 Å². The van der Waals surface area contributed by atoms with Crippen LogP contribution in [0.1, 0.15) is 139 Å². The summed E-state index contributed by atoms with van der Waals surface area (Å²) in [4.78, 5) is 72.7. The van der Waals surface area contributed by atoms with Crippen molar-refractivity contribution in [2.75, 3.05) is 26.4 Å². The van der Waals surface area contributed by atoms with E-state index in [1.807, 2.05) is 0 Å². The molecule has 20 nitrogen and oxygen atoms in total. The summed E-state index contributed by atoms with van der Waals surface area (Å²) >= 11 is 0. The third-order valence-corrected chi connectivity index (χ3v) is 12.8. The van der Waals surface area contributed by atoms with Gasteiger partial charge in [0.05, 0.1) is 26.4 Å². The van der Waals surface area contributed by atoms with Gasteiger partial charge in [0, 0.05) is 36.4 Å². The van der Waals surface area contributed by atoms with Crippen LogP contribution >= 0.6 is 15.6 Å². The van der Waals surface area contributed by atoms with Crippen LogP contribution in [0.4, 0.5) is 0 Å². The second kappa shape index (κ2) is 24.9. The predicted molar refractivity (Wildman–Crippen MR) is 219 cm³/mol. The van der Waals surface area contributed by atoms with Crippen LogP contribution in [-0.4, -0.2) is 89.9 Å². The highest BCUT2D eigenvalue weighted by Crippen LogP contribution is 2.49. The molecule has 6 N–H and O–H groups in total. The van der Waals surface area contributed by atoms with Crippen LogP contribution in [0.15, 0.2) is 31.6 Å². The highest BCUT2D eigenvalue weighted by atomic mass is 31.2. The molecule has 2 fully saturated rings. The minimum absolute atomic E-state index is 0.00618. The molecule has 0 amide bonds. The molecule has 0 saturated carbocycles. The SMILES string of the molecule is Cc1cn([C@H]2C[C@H](OP(=O)(O)OCCCCCCCCCCCCCCCCCCOP(=O)(O)O[C@H]3C[C@H](n4cc(C)c(=O)[nH]c4=O)O[C@@H]3CO)[C@@H](CO)O2)c(=O)[nH]c1=O. The summed E-state index contributed by atoms with van der Waals surface area (Å²) in [7, 11) is -8.87. The van der Waals surface area contributed by atoms with Gasteiger partial charge in [-0.2, -0.15) is 0 Å². The molecule has 0 aromatic carbocycles. The van der Waals surface area contributed by atoms with E-state index in [4.69, 9.17) is 27.6 Å². The number of nitrogens with zero attached hydrogens (tertiary/aromatic N) is 2. The second-order valence-electron chi connectivity index (χ2n) is 15.6. The summed E-state index contributed by atoms with van der Waals surface area (Å²) in [6.45, 7) is 2.16. The molecule has 2 aromatic rings. The lowest BCUT2D eigenvalue weighted by molar-refractivity contribution is -0.0464. The van der Waals surface area contributed by atoms with E-state index in [1.165, 1.54) is 64.8 Å². The maximum Gasteiger partial charge on any atom is 0.472 e. The average molecular weight is 895 g/mol. The molecule has 342 valence electrons. The molecule has 0 aliphatic carbocycles. The van der Waals surface area contributed by atoms with Gasteiger partial charge in [-0.15, -0.1) is 0 Å². The zero-order valence-electron chi connectivity index (χ0n) is 34.7. The summed E-state index contributed by atoms with van der Waals surface area (Å²) in [6, 6.07) is 0. The molecular weight excluding hydrogens is 830 g/mol. The quantitative estimate of drug-likeness (QED) is 0.0484. The highest BCUT2D eigenvalue weighted by molar-refractivity contribution is 7.47. The first kappa shape index (κ1) is 50.1. The van der Waals surface area contributed by atoms with E-state index in [1.54, 1.807) is 0 Å². The fourth-order valence-corrected chi connectivity index (χ4v) is 9.30. The van der Waals surface area contributed by atoms with Crippen LogP contribution in [0.2, 0.25) is 0 Å². The minimum atomic E-state index is -4.44. The number of hydrogen-bond acceptors (Lipinski definition) is 14. The molecule has 22 heteroatoms. The Morgan fingerprint density at radius 3 is 1.18 bits per heavy atom. The van der Waals surface area contributed by atoms with Crippen molar-refractivity contribution in [2.45, 2.75) is 166 Å². The van der Waals surface area contributed by atoms with Crippen LogP contribution < -0.4 is 22.5 Å². The van der Waals surface area contributed by atoms with Gasteiger partial charge in [0.15, 0.2) is 0 Å². The number of phosphoric acid groups is 2. The van der Waals surface area contributed by atoms with E-state index >= 15 is 0 Å². The number of aryl methyl sites for hydroxylation is 2. The van der Waals surface area contributed by atoms with Crippen molar-refractivity contribution in [3.63, 3.8) is 0 Å². The maximum absolute atomic E-state index is 12.6. The van der Waals surface area contributed by atoms with Crippen molar-refractivity contribution in [2.24, 2.45) is 0 Å². The van der Waals surface area contributed by atoms with E-state index in [0.717, 1.165) is 60.5 Å². The van der Waals surface area contributed by atoms with Gasteiger partial charge in [0.1, 0.15) is 36.9 Å². The third-order valence-electron chi connectivity index (χ3n) is 10.7. The molecule has 2 aliphatic rings. The zero-order chi connectivity index (χ0) is 43.7. The van der Waals surface area contributed by atoms with Crippen LogP contribution in [0.25, 0.3) is 0 Å². The van der Waals surface area contributed by atoms with E-state index in [-0.39, 0.29) is 26.1 Å². The van der Waals surface area contributed by atoms with Crippen molar-refractivity contribution in [3.8, 4) is 0 Å². The topological polar surface area (TPSA) is 280 Å². The third kappa shape index (κ3) is 16.3. The number of aromatic nitrogens is 4. The summed E-state index contributed by atoms with van der Waals surface area (Å²) in [5.41, 5.74) is -1.85. The Labute approximate surface area is 348 Å². The van der Waals surface area contributed by atoms with Gasteiger partial charge in [-0.3, -0.25) is 46.8 Å². The molecule has 4 rings (SSSR count). The van der Waals surface area contributed by atoms with Gasteiger partial charge in [-0.05, 0) is 26.7 Å². The molecule has 0 radical (unpaired) electrons. The van der Waals surface area contributed by atoms with Crippen molar-refractivity contribution in [1.82, 2.24) is 19.1 Å². The fourth-order valence-electron chi connectivity index (χ4n) is 7.33. The van der Waals surface area contributed by atoms with Crippen molar-refractivity contribution in [3.05, 3.63) is 65.2 Å². The number of hydrogen-bond donors (Lipinski definition) is 6. The largest absolute Gasteiger partial charge is 0.472 e. The first-order valence-corrected chi connectivity index (χ1v) is 24.1. The molecule has 2 aromatic heterocycles. The number of aromatic amines is 2. The molecule has 8 atom stereocenters. The number of nitrogens with one attached hydrogen (secondary N) is 2. The minimum Gasteiger partial charge on any atom is -0.394 e. The number of phosphoric ester groups is 2. The lowest BCUT2D eigenvalue weighted by atomic mass is 10.0. The van der Waals surface area contributed by atoms with Gasteiger partial charge < -0.3 is 29.5 Å². The monoisotopic (exact) mass is 894 g/mol. The number of ether oxygens (including phenoxy) is 2. The summed E-state index contributed by atoms with van der Waals surface area (Å²) < 4.78 is 59.7. The molecule has 2 aliphatic heterocycles. The molecule has 0 bridgehead atoms. The number of unbranched alkanes of at least 4 members (excludes halogenated alkanes) is 15. The number of rotatable bonds is 29. The molecule has 4 heterocycles. The summed E-state index contributed by atoms with van der Waals surface area (Å²) in [5.74, 6) is 0. The molecule has 2 unspecified atom stereocenters. The average Bonchev–Trinajstić information content (AvgIpc) is 3.79. The van der Waals surface area contributed by atoms with Crippen LogP contribution in [-0.2, 0) is 36.7 Å². The molecule has 0 spiro atoms. The first-order valence-electron chi connectivity index (χ1n) is 21.1. The van der Waals surface area contributed by atoms with Gasteiger partial charge >= 0.3 is 27.0 Å². The Morgan fingerprint density at radius 1 is 0.583 bits per heavy atom. The fraction of sp³-hybridized carbons (Fsp3) is 0.789. The van der Waals surface area contributed by atoms with E-state index in [2.05, 4.69) is 9.97 Å². The van der Waals surface area contributed by atoms with Crippen molar-refractivity contribution >= 4 is 15.6 Å². The Kier molecular flexibility index (Phi) is 20.8. The van der Waals surface area contributed by atoms with Gasteiger partial charge in [-0.25, -0.2) is 18.7 Å². The summed E-state index contributed by atoms with van der Waals surface area (Å²) in [5, 5.41) is 19.4. The Morgan fingerprint density at radius 2 is 0.883 bits per heavy atom. The Bertz CT molecular complexity index is 1810. The molecule has 60 heavy (non-hydrogen) atoms. The number of aliphatic hydroxyl groups excluding tert-OH is 2. The van der Waals surface area contributed by atoms with Gasteiger partial charge in [-0.1, -0.05) is 89.9 Å². The lowest BCUT2D eigenvalue weighted by Crippen LogP contribution is -2.33. The Balaban J connectivity index is 0.928.